The molecule has 1 rings (SSSR count). The Kier molecular flexibility index (Phi) is 1.19. The highest BCUT2D eigenvalue weighted by Crippen LogP contribution is 2.16. The van der Waals surface area contributed by atoms with Gasteiger partial charge in [-0.05, 0) is 11.6 Å². The van der Waals surface area contributed by atoms with Crippen LogP contribution in [0.25, 0.3) is 0 Å². The van der Waals surface area contributed by atoms with Crippen molar-refractivity contribution in [2.45, 2.75) is 6.42 Å². The molecule has 0 N–H and O–H groups in total. The van der Waals surface area contributed by atoms with Crippen LogP contribution < -0.4 is 0 Å². The largest absolute Gasteiger partial charge is 0.342 e. The predicted octanol–water partition coefficient (Wildman–Crippen LogP) is 2.07. The Balaban J connectivity index is 2.68. The van der Waals surface area contributed by atoms with Crippen LogP contribution in [0.4, 0.5) is 0 Å². The van der Waals surface area contributed by atoms with Gasteiger partial charge in [-0.2, -0.15) is 0 Å². The van der Waals surface area contributed by atoms with Gasteiger partial charge in [0.25, 0.3) is 6.58 Å². The fourth-order valence-electron chi connectivity index (χ4n) is 0.688. The first-order valence-corrected chi connectivity index (χ1v) is 2.59. The molecule has 0 bridgehead atoms. The molecule has 0 fully saturated rings. The molecule has 1 aliphatic carbocycles. The first kappa shape index (κ1) is 5.14. The van der Waals surface area contributed by atoms with E-state index in [9.17, 15) is 0 Å². The highest BCUT2D eigenvalue weighted by Gasteiger charge is 2.17. The molecule has 0 unspecified atom stereocenters. The molecule has 0 heteroatoms. The number of allylic oxidation sites excluding steroid dienone is 4. The Morgan fingerprint density at radius 3 is 2.88 bits per heavy atom. The molecule has 0 nitrogen and oxygen atoms in total. The Morgan fingerprint density at radius 1 is 1.75 bits per heavy atom. The summed E-state index contributed by atoms with van der Waals surface area (Å²) in [5, 5.41) is 0. The predicted molar refractivity (Wildman–Crippen MR) is 35.0 cm³/mol. The van der Waals surface area contributed by atoms with E-state index in [1.54, 1.807) is 0 Å². The van der Waals surface area contributed by atoms with Gasteiger partial charge in [-0.25, -0.2) is 0 Å². The minimum Gasteiger partial charge on any atom is -0.0950 e. The van der Waals surface area contributed by atoms with Crippen molar-refractivity contribution in [3.63, 3.8) is 0 Å². The van der Waals surface area contributed by atoms with E-state index in [4.69, 9.17) is 6.58 Å². The summed E-state index contributed by atoms with van der Waals surface area (Å²) in [6, 6.07) is 0. The summed E-state index contributed by atoms with van der Waals surface area (Å²) < 4.78 is 0. The van der Waals surface area contributed by atoms with Crippen molar-refractivity contribution in [3.05, 3.63) is 42.9 Å². The van der Waals surface area contributed by atoms with Gasteiger partial charge in [0.15, 0.2) is 6.42 Å². The van der Waals surface area contributed by atoms with Crippen LogP contribution in [0.5, 0.6) is 0 Å². The third kappa shape index (κ3) is 0.988. The number of hydrogen-bond acceptors (Lipinski definition) is 0. The topological polar surface area (TPSA) is 0 Å². The molecule has 38 valence electrons. The molecule has 0 aromatic rings. The zero-order valence-corrected chi connectivity index (χ0v) is 4.72. The highest BCUT2D eigenvalue weighted by molar-refractivity contribution is 5.34. The lowest BCUT2D eigenvalue weighted by Crippen LogP contribution is -1.88. The molecule has 1 aliphatic rings. The Labute approximate surface area is 50.2 Å². The Hall–Kier alpha value is -1.00. The molecule has 0 atom stereocenters. The smallest absolute Gasteiger partial charge is 0.0950 e. The molecule has 0 spiro atoms. The van der Waals surface area contributed by atoms with Crippen molar-refractivity contribution in [2.24, 2.45) is 0 Å². The molecule has 0 radical (unpaired) electrons. The van der Waals surface area contributed by atoms with E-state index < -0.39 is 0 Å². The average molecular weight is 104 g/mol. The maximum absolute atomic E-state index is 5.47. The van der Waals surface area contributed by atoms with Crippen LogP contribution in [0.1, 0.15) is 6.42 Å². The van der Waals surface area contributed by atoms with Crippen molar-refractivity contribution in [2.75, 3.05) is 0 Å². The fourth-order valence-corrected chi connectivity index (χ4v) is 0.688. The molecule has 0 heterocycles. The second-order valence-corrected chi connectivity index (χ2v) is 1.94. The van der Waals surface area contributed by atoms with Crippen LogP contribution >= 0.6 is 0 Å². The third-order valence-electron chi connectivity index (χ3n) is 1.07. The van der Waals surface area contributed by atoms with Gasteiger partial charge in [-0.3, -0.25) is 0 Å². The maximum atomic E-state index is 5.47. The van der Waals surface area contributed by atoms with Crippen molar-refractivity contribution in [3.8, 4) is 0 Å². The number of hydrogen-bond donors (Lipinski definition) is 0. The summed E-state index contributed by atoms with van der Waals surface area (Å²) in [4.78, 5) is 0. The lowest BCUT2D eigenvalue weighted by atomic mass is 9.99. The van der Waals surface area contributed by atoms with Crippen LogP contribution in [0, 0.1) is 13.0 Å². The molecule has 0 aliphatic heterocycles. The monoisotopic (exact) mass is 104 g/mol. The molecular weight excluding hydrogens is 96.1 g/mol. The lowest BCUT2D eigenvalue weighted by Gasteiger charge is -1.91. The molecule has 8 heavy (non-hydrogen) atoms. The molecule has 0 aromatic heterocycles. The van der Waals surface area contributed by atoms with E-state index in [1.807, 2.05) is 18.6 Å². The summed E-state index contributed by atoms with van der Waals surface area (Å²) in [6.07, 6.45) is 6.61. The highest BCUT2D eigenvalue weighted by atomic mass is 14.0. The SMILES string of the molecule is [CH+]=C1[CH+]C=CC(=C)C1. The number of rotatable bonds is 0. The van der Waals surface area contributed by atoms with Crippen LogP contribution in [0.2, 0.25) is 0 Å². The Bertz CT molecular complexity index is 149. The van der Waals surface area contributed by atoms with Crippen LogP contribution in [-0.2, 0) is 0 Å². The summed E-state index contributed by atoms with van der Waals surface area (Å²) in [6.45, 7) is 9.23. The summed E-state index contributed by atoms with van der Waals surface area (Å²) in [5.74, 6) is 0. The van der Waals surface area contributed by atoms with Gasteiger partial charge >= 0.3 is 5.57 Å². The van der Waals surface area contributed by atoms with Gasteiger partial charge in [0, 0.05) is 0 Å². The quantitative estimate of drug-likeness (QED) is 0.413. The van der Waals surface area contributed by atoms with E-state index in [1.165, 1.54) is 0 Å². The normalized spacial score (nSPS) is 18.4. The second kappa shape index (κ2) is 1.85. The summed E-state index contributed by atoms with van der Waals surface area (Å²) in [7, 11) is 0. The van der Waals surface area contributed by atoms with Gasteiger partial charge < -0.3 is 0 Å². The second-order valence-electron chi connectivity index (χ2n) is 1.94. The first-order chi connectivity index (χ1) is 3.79. The van der Waals surface area contributed by atoms with E-state index in [2.05, 4.69) is 6.58 Å². The summed E-state index contributed by atoms with van der Waals surface area (Å²) in [5.41, 5.74) is 1.99. The van der Waals surface area contributed by atoms with Crippen LogP contribution in [0.3, 0.4) is 0 Å². The van der Waals surface area contributed by atoms with Crippen molar-refractivity contribution < 1.29 is 0 Å². The lowest BCUT2D eigenvalue weighted by molar-refractivity contribution is 1.16. The Morgan fingerprint density at radius 2 is 2.50 bits per heavy atom. The van der Waals surface area contributed by atoms with Gasteiger partial charge in [0.05, 0.1) is 6.42 Å². The minimum absolute atomic E-state index is 0.830. The molecule has 0 saturated heterocycles. The van der Waals surface area contributed by atoms with Crippen LogP contribution in [0.15, 0.2) is 29.9 Å². The third-order valence-corrected chi connectivity index (χ3v) is 1.07. The van der Waals surface area contributed by atoms with Crippen molar-refractivity contribution in [1.82, 2.24) is 0 Å². The summed E-state index contributed by atoms with van der Waals surface area (Å²) >= 11 is 0. The maximum Gasteiger partial charge on any atom is 0.342 e. The van der Waals surface area contributed by atoms with Gasteiger partial charge in [-0.1, -0.05) is 6.58 Å². The molecule has 0 saturated carbocycles. The standard InChI is InChI=1S/C8H8/c1-7-4-3-5-8(2)6-7/h1,3-5H,2,6H2/q+2. The fraction of sp³-hybridized carbons (Fsp3) is 0.125. The van der Waals surface area contributed by atoms with E-state index in [0.29, 0.717) is 0 Å². The van der Waals surface area contributed by atoms with E-state index >= 15 is 0 Å². The minimum atomic E-state index is 0.830. The molecule has 0 aromatic carbocycles. The van der Waals surface area contributed by atoms with E-state index in [-0.39, 0.29) is 0 Å². The van der Waals surface area contributed by atoms with E-state index in [0.717, 1.165) is 17.6 Å². The molecule has 0 amide bonds. The van der Waals surface area contributed by atoms with Crippen molar-refractivity contribution >= 4 is 0 Å². The first-order valence-electron chi connectivity index (χ1n) is 2.59. The van der Waals surface area contributed by atoms with Gasteiger partial charge in [-0.15, -0.1) is 0 Å². The van der Waals surface area contributed by atoms with Gasteiger partial charge in [0.1, 0.15) is 6.08 Å². The average Bonchev–Trinajstić information content (AvgIpc) is 1.64. The van der Waals surface area contributed by atoms with Gasteiger partial charge in [0.2, 0.25) is 0 Å². The zero-order valence-electron chi connectivity index (χ0n) is 4.72. The van der Waals surface area contributed by atoms with Crippen molar-refractivity contribution in [1.29, 1.82) is 0 Å². The molecular formula is C8H8+2. The van der Waals surface area contributed by atoms with Crippen LogP contribution in [-0.4, -0.2) is 0 Å². The zero-order chi connectivity index (χ0) is 5.98.